The monoisotopic (exact) mass is 285 g/mol. The minimum Gasteiger partial charge on any atom is -0.247 e. The van der Waals surface area contributed by atoms with E-state index in [1.807, 2.05) is 31.2 Å². The van der Waals surface area contributed by atoms with Crippen LogP contribution in [0.15, 0.2) is 29.6 Å². The zero-order valence-electron chi connectivity index (χ0n) is 9.49. The number of aromatic nitrogens is 1. The number of thiazole rings is 1. The molecule has 2 aromatic rings. The lowest BCUT2D eigenvalue weighted by Gasteiger charge is -2.14. The van der Waals surface area contributed by atoms with Crippen molar-refractivity contribution in [1.29, 1.82) is 0 Å². The molecule has 0 radical (unpaired) electrons. The first-order valence-corrected chi connectivity index (χ1v) is 7.21. The smallest absolute Gasteiger partial charge is 0.0897 e. The van der Waals surface area contributed by atoms with Gasteiger partial charge in [-0.25, -0.2) is 4.98 Å². The second-order valence-electron chi connectivity index (χ2n) is 3.93. The van der Waals surface area contributed by atoms with Gasteiger partial charge in [0.15, 0.2) is 0 Å². The van der Waals surface area contributed by atoms with Gasteiger partial charge in [-0.15, -0.1) is 22.9 Å². The Kier molecular flexibility index (Phi) is 4.43. The van der Waals surface area contributed by atoms with Crippen LogP contribution in [0.3, 0.4) is 0 Å². The Hall–Kier alpha value is -0.570. The molecule has 4 heteroatoms. The molecule has 0 amide bonds. The van der Waals surface area contributed by atoms with Crippen LogP contribution in [-0.2, 0) is 6.42 Å². The molecule has 0 saturated carbocycles. The van der Waals surface area contributed by atoms with Gasteiger partial charge >= 0.3 is 0 Å². The average molecular weight is 286 g/mol. The SMILES string of the molecule is Cc1nc(CC(CCl)c2ccccc2Cl)cs1. The lowest BCUT2D eigenvalue weighted by molar-refractivity contribution is 0.750. The molecule has 0 fully saturated rings. The highest BCUT2D eigenvalue weighted by Crippen LogP contribution is 2.28. The van der Waals surface area contributed by atoms with E-state index in [1.165, 1.54) is 0 Å². The minimum absolute atomic E-state index is 0.229. The maximum absolute atomic E-state index is 6.19. The van der Waals surface area contributed by atoms with Crippen molar-refractivity contribution in [2.75, 3.05) is 5.88 Å². The Morgan fingerprint density at radius 3 is 2.71 bits per heavy atom. The predicted molar refractivity (Wildman–Crippen MR) is 75.5 cm³/mol. The number of alkyl halides is 1. The molecule has 1 heterocycles. The first kappa shape index (κ1) is 12.9. The standard InChI is InChI=1S/C13H13Cl2NS/c1-9-16-11(8-17-9)6-10(7-14)12-4-2-3-5-13(12)15/h2-5,8,10H,6-7H2,1H3. The predicted octanol–water partition coefficient (Wildman–Crippen LogP) is 4.67. The van der Waals surface area contributed by atoms with Gasteiger partial charge in [-0.2, -0.15) is 0 Å². The number of benzene rings is 1. The summed E-state index contributed by atoms with van der Waals surface area (Å²) in [4.78, 5) is 4.47. The van der Waals surface area contributed by atoms with Crippen LogP contribution < -0.4 is 0 Å². The van der Waals surface area contributed by atoms with Gasteiger partial charge in [0.05, 0.1) is 10.7 Å². The fourth-order valence-electron chi connectivity index (χ4n) is 1.81. The summed E-state index contributed by atoms with van der Waals surface area (Å²) in [6.07, 6.45) is 0.845. The molecule has 0 bridgehead atoms. The highest BCUT2D eigenvalue weighted by atomic mass is 35.5. The average Bonchev–Trinajstić information content (AvgIpc) is 2.73. The number of halogens is 2. The van der Waals surface area contributed by atoms with Gasteiger partial charge in [0, 0.05) is 22.2 Å². The normalized spacial score (nSPS) is 12.6. The molecule has 1 aromatic carbocycles. The maximum Gasteiger partial charge on any atom is 0.0897 e. The van der Waals surface area contributed by atoms with E-state index in [1.54, 1.807) is 11.3 Å². The fraction of sp³-hybridized carbons (Fsp3) is 0.308. The van der Waals surface area contributed by atoms with Crippen LogP contribution >= 0.6 is 34.5 Å². The van der Waals surface area contributed by atoms with Crippen molar-refractivity contribution in [1.82, 2.24) is 4.98 Å². The maximum atomic E-state index is 6.19. The van der Waals surface area contributed by atoms with Crippen LogP contribution in [0.2, 0.25) is 5.02 Å². The van der Waals surface area contributed by atoms with Crippen molar-refractivity contribution in [2.24, 2.45) is 0 Å². The number of aryl methyl sites for hydroxylation is 1. The molecule has 2 rings (SSSR count). The number of hydrogen-bond acceptors (Lipinski definition) is 2. The van der Waals surface area contributed by atoms with E-state index in [9.17, 15) is 0 Å². The fourth-order valence-corrected chi connectivity index (χ4v) is 3.00. The number of hydrogen-bond donors (Lipinski definition) is 0. The molecule has 0 aliphatic heterocycles. The van der Waals surface area contributed by atoms with Crippen molar-refractivity contribution >= 4 is 34.5 Å². The van der Waals surface area contributed by atoms with Gasteiger partial charge in [0.1, 0.15) is 0 Å². The highest BCUT2D eigenvalue weighted by molar-refractivity contribution is 7.09. The first-order chi connectivity index (χ1) is 8.20. The van der Waals surface area contributed by atoms with Crippen LogP contribution in [-0.4, -0.2) is 10.9 Å². The van der Waals surface area contributed by atoms with Crippen LogP contribution in [0.5, 0.6) is 0 Å². The van der Waals surface area contributed by atoms with Crippen LogP contribution in [0.25, 0.3) is 0 Å². The Morgan fingerprint density at radius 2 is 2.12 bits per heavy atom. The summed E-state index contributed by atoms with van der Waals surface area (Å²) >= 11 is 13.9. The molecular formula is C13H13Cl2NS. The Balaban J connectivity index is 2.20. The minimum atomic E-state index is 0.229. The van der Waals surface area contributed by atoms with Crippen molar-refractivity contribution < 1.29 is 0 Å². The molecule has 1 nitrogen and oxygen atoms in total. The summed E-state index contributed by atoms with van der Waals surface area (Å²) in [6, 6.07) is 7.87. The van der Waals surface area contributed by atoms with Gasteiger partial charge in [-0.3, -0.25) is 0 Å². The molecule has 0 aliphatic carbocycles. The second kappa shape index (κ2) is 5.85. The molecule has 1 unspecified atom stereocenters. The van der Waals surface area contributed by atoms with Crippen molar-refractivity contribution in [3.63, 3.8) is 0 Å². The van der Waals surface area contributed by atoms with E-state index in [-0.39, 0.29) is 5.92 Å². The largest absolute Gasteiger partial charge is 0.247 e. The molecule has 1 aromatic heterocycles. The third-order valence-corrected chi connectivity index (χ3v) is 4.19. The van der Waals surface area contributed by atoms with Gasteiger partial charge in [0.25, 0.3) is 0 Å². The Labute approximate surface area is 115 Å². The molecule has 0 spiro atoms. The van der Waals surface area contributed by atoms with E-state index < -0.39 is 0 Å². The zero-order valence-corrected chi connectivity index (χ0v) is 11.8. The van der Waals surface area contributed by atoms with Gasteiger partial charge < -0.3 is 0 Å². The summed E-state index contributed by atoms with van der Waals surface area (Å²) < 4.78 is 0. The topological polar surface area (TPSA) is 12.9 Å². The van der Waals surface area contributed by atoms with Crippen molar-refractivity contribution in [3.8, 4) is 0 Å². The third kappa shape index (κ3) is 3.21. The van der Waals surface area contributed by atoms with Crippen LogP contribution in [0, 0.1) is 6.92 Å². The molecular weight excluding hydrogens is 273 g/mol. The summed E-state index contributed by atoms with van der Waals surface area (Å²) in [5, 5.41) is 3.96. The Bertz CT molecular complexity index is 496. The third-order valence-electron chi connectivity index (χ3n) is 2.65. The second-order valence-corrected chi connectivity index (χ2v) is 5.71. The lowest BCUT2D eigenvalue weighted by Crippen LogP contribution is -2.05. The van der Waals surface area contributed by atoms with Gasteiger partial charge in [0.2, 0.25) is 0 Å². The van der Waals surface area contributed by atoms with E-state index in [0.29, 0.717) is 5.88 Å². The van der Waals surface area contributed by atoms with Crippen LogP contribution in [0.1, 0.15) is 22.2 Å². The number of rotatable bonds is 4. The van der Waals surface area contributed by atoms with E-state index in [0.717, 1.165) is 27.7 Å². The van der Waals surface area contributed by atoms with E-state index in [4.69, 9.17) is 23.2 Å². The molecule has 0 aliphatic rings. The van der Waals surface area contributed by atoms with Crippen molar-refractivity contribution in [2.45, 2.75) is 19.3 Å². The molecule has 0 saturated heterocycles. The zero-order chi connectivity index (χ0) is 12.3. The van der Waals surface area contributed by atoms with E-state index >= 15 is 0 Å². The summed E-state index contributed by atoms with van der Waals surface area (Å²) in [7, 11) is 0. The summed E-state index contributed by atoms with van der Waals surface area (Å²) in [6.45, 7) is 2.01. The van der Waals surface area contributed by atoms with Gasteiger partial charge in [-0.1, -0.05) is 29.8 Å². The quantitative estimate of drug-likeness (QED) is 0.744. The molecule has 90 valence electrons. The lowest BCUT2D eigenvalue weighted by atomic mass is 9.96. The number of nitrogens with zero attached hydrogens (tertiary/aromatic N) is 1. The summed E-state index contributed by atoms with van der Waals surface area (Å²) in [5.41, 5.74) is 2.20. The van der Waals surface area contributed by atoms with Gasteiger partial charge in [-0.05, 0) is 25.0 Å². The highest BCUT2D eigenvalue weighted by Gasteiger charge is 2.15. The first-order valence-electron chi connectivity index (χ1n) is 5.42. The molecule has 17 heavy (non-hydrogen) atoms. The molecule has 0 N–H and O–H groups in total. The van der Waals surface area contributed by atoms with E-state index in [2.05, 4.69) is 10.4 Å². The molecule has 1 atom stereocenters. The summed E-state index contributed by atoms with van der Waals surface area (Å²) in [5.74, 6) is 0.784. The van der Waals surface area contributed by atoms with Crippen molar-refractivity contribution in [3.05, 3.63) is 50.9 Å². The van der Waals surface area contributed by atoms with Crippen LogP contribution in [0.4, 0.5) is 0 Å². The Morgan fingerprint density at radius 1 is 1.35 bits per heavy atom.